The van der Waals surface area contributed by atoms with Crippen molar-refractivity contribution in [1.29, 1.82) is 5.26 Å². The van der Waals surface area contributed by atoms with Gasteiger partial charge in [0.25, 0.3) is 0 Å². The molecule has 0 saturated carbocycles. The Labute approximate surface area is 146 Å². The van der Waals surface area contributed by atoms with Gasteiger partial charge in [-0.1, -0.05) is 19.1 Å². The van der Waals surface area contributed by atoms with E-state index in [4.69, 9.17) is 0 Å². The van der Waals surface area contributed by atoms with Gasteiger partial charge in [-0.25, -0.2) is 13.4 Å². The van der Waals surface area contributed by atoms with Crippen molar-refractivity contribution in [1.82, 2.24) is 9.38 Å². The second kappa shape index (κ2) is 5.74. The molecule has 25 heavy (non-hydrogen) atoms. The molecule has 0 unspecified atom stereocenters. The highest BCUT2D eigenvalue weighted by Crippen LogP contribution is 2.28. The predicted octanol–water partition coefficient (Wildman–Crippen LogP) is 2.52. The average Bonchev–Trinajstić information content (AvgIpc) is 3.14. The van der Waals surface area contributed by atoms with Gasteiger partial charge in [0, 0.05) is 6.04 Å². The van der Waals surface area contributed by atoms with Crippen LogP contribution < -0.4 is 5.32 Å². The van der Waals surface area contributed by atoms with Crippen LogP contribution in [0.1, 0.15) is 24.5 Å². The molecule has 3 aromatic rings. The monoisotopic (exact) mass is 354 g/mol. The Bertz CT molecular complexity index is 1130. The van der Waals surface area contributed by atoms with Gasteiger partial charge < -0.3 is 5.32 Å². The first-order chi connectivity index (χ1) is 12.0. The Morgan fingerprint density at radius 2 is 2.20 bits per heavy atom. The molecule has 4 rings (SSSR count). The second-order valence-corrected chi connectivity index (χ2v) is 8.63. The molecule has 3 heterocycles. The Hall–Kier alpha value is -2.59. The standard InChI is InChI=1S/C18H18N4O2S/c1-2-12-9-17(20-13-7-8-25(23,24)11-13)22-16-6-4-3-5-15(16)21-18(22)14(12)10-19/h3-6,9,13,20H,2,7-8,11H2,1H3/t13-/m0/s1. The number of hydrogen-bond donors (Lipinski definition) is 1. The molecule has 1 aromatic carbocycles. The molecule has 1 aliphatic heterocycles. The molecule has 0 bridgehead atoms. The largest absolute Gasteiger partial charge is 0.367 e. The summed E-state index contributed by atoms with van der Waals surface area (Å²) in [6.07, 6.45) is 1.30. The summed E-state index contributed by atoms with van der Waals surface area (Å²) in [6, 6.07) is 11.8. The summed E-state index contributed by atoms with van der Waals surface area (Å²) in [5.41, 5.74) is 3.82. The highest BCUT2D eigenvalue weighted by atomic mass is 32.2. The fourth-order valence-corrected chi connectivity index (χ4v) is 5.18. The third kappa shape index (κ3) is 2.63. The third-order valence-corrected chi connectivity index (χ3v) is 6.50. The Kier molecular flexibility index (Phi) is 3.65. The molecule has 0 amide bonds. The van der Waals surface area contributed by atoms with Gasteiger partial charge in [-0.05, 0) is 36.6 Å². The highest BCUT2D eigenvalue weighted by Gasteiger charge is 2.28. The summed E-state index contributed by atoms with van der Waals surface area (Å²) in [5.74, 6) is 1.15. The van der Waals surface area contributed by atoms with Crippen LogP contribution in [-0.4, -0.2) is 35.4 Å². The van der Waals surface area contributed by atoms with E-state index in [9.17, 15) is 13.7 Å². The van der Waals surface area contributed by atoms with Gasteiger partial charge in [0.1, 0.15) is 11.9 Å². The van der Waals surface area contributed by atoms with Crippen molar-refractivity contribution in [2.75, 3.05) is 16.8 Å². The van der Waals surface area contributed by atoms with E-state index in [1.54, 1.807) is 0 Å². The summed E-state index contributed by atoms with van der Waals surface area (Å²) in [5, 5.41) is 13.0. The zero-order valence-electron chi connectivity index (χ0n) is 13.9. The molecule has 0 aliphatic carbocycles. The first kappa shape index (κ1) is 15.9. The van der Waals surface area contributed by atoms with E-state index in [0.717, 1.165) is 22.4 Å². The quantitative estimate of drug-likeness (QED) is 0.781. The van der Waals surface area contributed by atoms with Crippen LogP contribution in [0.25, 0.3) is 16.7 Å². The minimum atomic E-state index is -2.97. The lowest BCUT2D eigenvalue weighted by atomic mass is 10.1. The van der Waals surface area contributed by atoms with Crippen LogP contribution in [-0.2, 0) is 16.3 Å². The molecule has 1 saturated heterocycles. The fraction of sp³-hybridized carbons (Fsp3) is 0.333. The zero-order valence-corrected chi connectivity index (χ0v) is 14.7. The number of aromatic nitrogens is 2. The van der Waals surface area contributed by atoms with Gasteiger partial charge in [-0.3, -0.25) is 4.40 Å². The predicted molar refractivity (Wildman–Crippen MR) is 97.5 cm³/mol. The fourth-order valence-electron chi connectivity index (χ4n) is 3.51. The van der Waals surface area contributed by atoms with Crippen molar-refractivity contribution in [2.45, 2.75) is 25.8 Å². The molecule has 2 aromatic heterocycles. The Morgan fingerprint density at radius 3 is 2.88 bits per heavy atom. The maximum atomic E-state index is 11.8. The lowest BCUT2D eigenvalue weighted by Crippen LogP contribution is -2.22. The second-order valence-electron chi connectivity index (χ2n) is 6.40. The van der Waals surface area contributed by atoms with Crippen molar-refractivity contribution in [3.63, 3.8) is 0 Å². The topological polar surface area (TPSA) is 87.3 Å². The van der Waals surface area contributed by atoms with E-state index in [0.29, 0.717) is 24.1 Å². The summed E-state index contributed by atoms with van der Waals surface area (Å²) in [7, 11) is -2.97. The number of hydrogen-bond acceptors (Lipinski definition) is 5. The molecule has 0 spiro atoms. The van der Waals surface area contributed by atoms with E-state index in [2.05, 4.69) is 16.4 Å². The van der Waals surface area contributed by atoms with Crippen LogP contribution >= 0.6 is 0 Å². The molecule has 1 N–H and O–H groups in total. The molecular formula is C18H18N4O2S. The van der Waals surface area contributed by atoms with Gasteiger partial charge in [-0.15, -0.1) is 0 Å². The molecule has 6 nitrogen and oxygen atoms in total. The number of nitriles is 1. The molecular weight excluding hydrogens is 336 g/mol. The lowest BCUT2D eigenvalue weighted by Gasteiger charge is -2.17. The van der Waals surface area contributed by atoms with Crippen LogP contribution in [0.3, 0.4) is 0 Å². The van der Waals surface area contributed by atoms with Gasteiger partial charge in [0.05, 0.1) is 28.1 Å². The van der Waals surface area contributed by atoms with Gasteiger partial charge in [0.15, 0.2) is 15.5 Å². The van der Waals surface area contributed by atoms with Gasteiger partial charge in [0.2, 0.25) is 0 Å². The number of nitrogens with zero attached hydrogens (tertiary/aromatic N) is 3. The van der Waals surface area contributed by atoms with Crippen LogP contribution in [0.15, 0.2) is 30.3 Å². The molecule has 0 radical (unpaired) electrons. The number of benzene rings is 1. The van der Waals surface area contributed by atoms with Crippen molar-refractivity contribution < 1.29 is 8.42 Å². The SMILES string of the molecule is CCc1cc(N[C@H]2CCS(=O)(=O)C2)n2c(nc3ccccc32)c1C#N. The number of fused-ring (bicyclic) bond motifs is 3. The number of para-hydroxylation sites is 2. The summed E-state index contributed by atoms with van der Waals surface area (Å²) in [6.45, 7) is 2.00. The van der Waals surface area contributed by atoms with E-state index < -0.39 is 9.84 Å². The zero-order chi connectivity index (χ0) is 17.6. The van der Waals surface area contributed by atoms with Crippen molar-refractivity contribution in [2.24, 2.45) is 0 Å². The number of rotatable bonds is 3. The van der Waals surface area contributed by atoms with Crippen molar-refractivity contribution >= 4 is 32.3 Å². The number of anilines is 1. The highest BCUT2D eigenvalue weighted by molar-refractivity contribution is 7.91. The van der Waals surface area contributed by atoms with Gasteiger partial charge in [-0.2, -0.15) is 5.26 Å². The normalized spacial score (nSPS) is 19.3. The minimum Gasteiger partial charge on any atom is -0.367 e. The van der Waals surface area contributed by atoms with Crippen molar-refractivity contribution in [3.8, 4) is 6.07 Å². The minimum absolute atomic E-state index is 0.119. The number of sulfone groups is 1. The Morgan fingerprint density at radius 1 is 1.40 bits per heavy atom. The molecule has 7 heteroatoms. The average molecular weight is 354 g/mol. The maximum absolute atomic E-state index is 11.8. The lowest BCUT2D eigenvalue weighted by molar-refractivity contribution is 0.602. The number of imidazole rings is 1. The van der Waals surface area contributed by atoms with Crippen molar-refractivity contribution in [3.05, 3.63) is 41.5 Å². The van der Waals surface area contributed by atoms with Gasteiger partial charge >= 0.3 is 0 Å². The third-order valence-electron chi connectivity index (χ3n) is 4.73. The molecule has 128 valence electrons. The summed E-state index contributed by atoms with van der Waals surface area (Å²) >= 11 is 0. The smallest absolute Gasteiger partial charge is 0.157 e. The van der Waals surface area contributed by atoms with Crippen LogP contribution in [0, 0.1) is 11.3 Å². The molecule has 1 fully saturated rings. The number of aryl methyl sites for hydroxylation is 1. The Balaban J connectivity index is 1.95. The molecule has 1 aliphatic rings. The van der Waals surface area contributed by atoms with E-state index in [1.807, 2.05) is 41.7 Å². The summed E-state index contributed by atoms with van der Waals surface area (Å²) in [4.78, 5) is 4.64. The molecule has 1 atom stereocenters. The van der Waals surface area contributed by atoms with E-state index >= 15 is 0 Å². The maximum Gasteiger partial charge on any atom is 0.157 e. The number of nitrogens with one attached hydrogen (secondary N) is 1. The van der Waals surface area contributed by atoms with Crippen LogP contribution in [0.5, 0.6) is 0 Å². The summed E-state index contributed by atoms with van der Waals surface area (Å²) < 4.78 is 25.5. The first-order valence-corrected chi connectivity index (χ1v) is 10.1. The first-order valence-electron chi connectivity index (χ1n) is 8.32. The van der Waals surface area contributed by atoms with Crippen LogP contribution in [0.2, 0.25) is 0 Å². The van der Waals surface area contributed by atoms with Crippen LogP contribution in [0.4, 0.5) is 5.82 Å². The van der Waals surface area contributed by atoms with E-state index in [-0.39, 0.29) is 17.5 Å². The number of pyridine rings is 1. The van der Waals surface area contributed by atoms with E-state index in [1.165, 1.54) is 0 Å².